The Kier molecular flexibility index (Phi) is 6.54. The summed E-state index contributed by atoms with van der Waals surface area (Å²) in [5.74, 6) is 0.837. The molecule has 34 heavy (non-hydrogen) atoms. The van der Waals surface area contributed by atoms with Gasteiger partial charge in [0.15, 0.2) is 0 Å². The third-order valence-corrected chi connectivity index (χ3v) is 6.48. The number of amides is 2. The first-order valence-corrected chi connectivity index (χ1v) is 11.4. The van der Waals surface area contributed by atoms with Crippen molar-refractivity contribution in [2.75, 3.05) is 29.2 Å². The zero-order valence-corrected chi connectivity index (χ0v) is 19.7. The predicted molar refractivity (Wildman–Crippen MR) is 136 cm³/mol. The van der Waals surface area contributed by atoms with Crippen molar-refractivity contribution in [1.82, 2.24) is 4.98 Å². The first kappa shape index (κ1) is 23.3. The summed E-state index contributed by atoms with van der Waals surface area (Å²) in [6.45, 7) is 1.76. The summed E-state index contributed by atoms with van der Waals surface area (Å²) in [6, 6.07) is 14.3. The average molecular weight is 463 g/mol. The van der Waals surface area contributed by atoms with Gasteiger partial charge in [-0.1, -0.05) is 18.2 Å². The Hall–Kier alpha value is -3.88. The third-order valence-electron chi connectivity index (χ3n) is 6.48. The van der Waals surface area contributed by atoms with Crippen LogP contribution in [-0.2, 0) is 0 Å². The van der Waals surface area contributed by atoms with Gasteiger partial charge in [0.25, 0.3) is 5.69 Å². The molecule has 1 aliphatic rings. The van der Waals surface area contributed by atoms with E-state index in [0.29, 0.717) is 11.3 Å². The number of nitro groups is 1. The summed E-state index contributed by atoms with van der Waals surface area (Å²) in [7, 11) is 4.05. The largest absolute Gasteiger partial charge is 0.377 e. The van der Waals surface area contributed by atoms with Crippen molar-refractivity contribution in [1.29, 1.82) is 0 Å². The van der Waals surface area contributed by atoms with E-state index in [2.05, 4.69) is 22.3 Å². The summed E-state index contributed by atoms with van der Waals surface area (Å²) in [4.78, 5) is 31.5. The SMILES string of the molecule is Cc1cc([N+](=O)[O-])ccc1N(C(N)=O)[C@H]1CC[C@@H](Nc2cc(N(C)C)c3ccccc3n2)CC1. The number of anilines is 3. The van der Waals surface area contributed by atoms with Gasteiger partial charge in [0.05, 0.1) is 10.4 Å². The van der Waals surface area contributed by atoms with Crippen LogP contribution in [0.3, 0.4) is 0 Å². The molecule has 0 aliphatic heterocycles. The number of para-hydroxylation sites is 1. The van der Waals surface area contributed by atoms with Gasteiger partial charge in [-0.3, -0.25) is 15.0 Å². The van der Waals surface area contributed by atoms with E-state index < -0.39 is 11.0 Å². The number of primary amides is 1. The highest BCUT2D eigenvalue weighted by atomic mass is 16.6. The molecule has 1 fully saturated rings. The van der Waals surface area contributed by atoms with E-state index in [4.69, 9.17) is 10.7 Å². The first-order chi connectivity index (χ1) is 16.2. The summed E-state index contributed by atoms with van der Waals surface area (Å²) in [5.41, 5.74) is 9.08. The van der Waals surface area contributed by atoms with Crippen molar-refractivity contribution in [2.24, 2.45) is 5.73 Å². The minimum absolute atomic E-state index is 0.00134. The molecule has 2 aromatic carbocycles. The van der Waals surface area contributed by atoms with Crippen molar-refractivity contribution in [3.8, 4) is 0 Å². The normalized spacial score (nSPS) is 17.9. The smallest absolute Gasteiger partial charge is 0.319 e. The fourth-order valence-electron chi connectivity index (χ4n) is 4.81. The molecular weight excluding hydrogens is 432 g/mol. The number of nitrogens with two attached hydrogens (primary N) is 1. The Bertz CT molecular complexity index is 1220. The molecule has 9 heteroatoms. The summed E-state index contributed by atoms with van der Waals surface area (Å²) < 4.78 is 0. The van der Waals surface area contributed by atoms with Crippen LogP contribution in [0.5, 0.6) is 0 Å². The third kappa shape index (κ3) is 4.73. The number of nitro benzene ring substituents is 1. The molecule has 9 nitrogen and oxygen atoms in total. The van der Waals surface area contributed by atoms with Gasteiger partial charge in [0.1, 0.15) is 5.82 Å². The zero-order valence-electron chi connectivity index (χ0n) is 19.7. The van der Waals surface area contributed by atoms with E-state index in [-0.39, 0.29) is 17.8 Å². The predicted octanol–water partition coefficient (Wildman–Crippen LogP) is 4.83. The Balaban J connectivity index is 1.48. The quantitative estimate of drug-likeness (QED) is 0.400. The maximum absolute atomic E-state index is 12.4. The molecule has 1 saturated carbocycles. The van der Waals surface area contributed by atoms with Crippen LogP contribution in [0.15, 0.2) is 48.5 Å². The van der Waals surface area contributed by atoms with Gasteiger partial charge in [0.2, 0.25) is 0 Å². The van der Waals surface area contributed by atoms with Crippen molar-refractivity contribution >= 4 is 39.8 Å². The lowest BCUT2D eigenvalue weighted by Gasteiger charge is -2.37. The second kappa shape index (κ2) is 9.54. The number of hydrogen-bond acceptors (Lipinski definition) is 6. The van der Waals surface area contributed by atoms with Crippen molar-refractivity contribution < 1.29 is 9.72 Å². The lowest BCUT2D eigenvalue weighted by Crippen LogP contribution is -2.47. The standard InChI is InChI=1S/C25H30N6O3/c1-16-14-19(31(33)34)12-13-22(16)30(25(26)32)18-10-8-17(9-11-18)27-24-15-23(29(2)3)20-6-4-5-7-21(20)28-24/h4-7,12-15,17-18H,8-11H2,1-3H3,(H2,26,32)(H,27,28)/t17-,18+. The Labute approximate surface area is 198 Å². The van der Waals surface area contributed by atoms with Gasteiger partial charge < -0.3 is 16.0 Å². The number of carbonyl (C=O) groups is 1. The number of aromatic nitrogens is 1. The number of nitrogens with one attached hydrogen (secondary N) is 1. The van der Waals surface area contributed by atoms with E-state index in [1.165, 1.54) is 12.1 Å². The number of aryl methyl sites for hydroxylation is 1. The fourth-order valence-corrected chi connectivity index (χ4v) is 4.81. The van der Waals surface area contributed by atoms with Gasteiger partial charge in [-0.25, -0.2) is 9.78 Å². The van der Waals surface area contributed by atoms with Crippen molar-refractivity contribution in [2.45, 2.75) is 44.7 Å². The maximum Gasteiger partial charge on any atom is 0.319 e. The molecule has 0 radical (unpaired) electrons. The topological polar surface area (TPSA) is 118 Å². The molecule has 1 aliphatic carbocycles. The molecule has 178 valence electrons. The number of urea groups is 1. The van der Waals surface area contributed by atoms with Crippen LogP contribution >= 0.6 is 0 Å². The Morgan fingerprint density at radius 1 is 1.09 bits per heavy atom. The van der Waals surface area contributed by atoms with E-state index >= 15 is 0 Å². The molecular formula is C25H30N6O3. The number of benzene rings is 2. The van der Waals surface area contributed by atoms with E-state index in [1.54, 1.807) is 17.9 Å². The zero-order chi connectivity index (χ0) is 24.4. The van der Waals surface area contributed by atoms with Gasteiger partial charge in [0, 0.05) is 61.1 Å². The second-order valence-corrected chi connectivity index (χ2v) is 9.02. The molecule has 0 unspecified atom stereocenters. The highest BCUT2D eigenvalue weighted by Crippen LogP contribution is 2.33. The minimum atomic E-state index is -0.541. The van der Waals surface area contributed by atoms with Gasteiger partial charge in [-0.15, -0.1) is 0 Å². The highest BCUT2D eigenvalue weighted by molar-refractivity contribution is 5.93. The fraction of sp³-hybridized carbons (Fsp3) is 0.360. The monoisotopic (exact) mass is 462 g/mol. The molecule has 3 N–H and O–H groups in total. The lowest BCUT2D eigenvalue weighted by atomic mass is 9.89. The summed E-state index contributed by atoms with van der Waals surface area (Å²) in [5, 5.41) is 15.8. The molecule has 0 spiro atoms. The molecule has 0 bridgehead atoms. The van der Waals surface area contributed by atoms with Gasteiger partial charge in [-0.2, -0.15) is 0 Å². The number of carbonyl (C=O) groups excluding carboxylic acids is 1. The lowest BCUT2D eigenvalue weighted by molar-refractivity contribution is -0.384. The molecule has 4 rings (SSSR count). The number of pyridine rings is 1. The first-order valence-electron chi connectivity index (χ1n) is 11.4. The van der Waals surface area contributed by atoms with Crippen LogP contribution in [0.2, 0.25) is 0 Å². The van der Waals surface area contributed by atoms with Crippen LogP contribution < -0.4 is 20.9 Å². The number of nitrogens with zero attached hydrogens (tertiary/aromatic N) is 4. The number of rotatable bonds is 6. The van der Waals surface area contributed by atoms with Gasteiger partial charge in [-0.05, 0) is 50.3 Å². The van der Waals surface area contributed by atoms with E-state index in [1.807, 2.05) is 32.3 Å². The molecule has 3 aromatic rings. The van der Waals surface area contributed by atoms with Crippen LogP contribution in [0.4, 0.5) is 27.7 Å². The maximum atomic E-state index is 12.4. The summed E-state index contributed by atoms with van der Waals surface area (Å²) in [6.07, 6.45) is 3.24. The molecule has 1 heterocycles. The highest BCUT2D eigenvalue weighted by Gasteiger charge is 2.30. The van der Waals surface area contributed by atoms with E-state index in [0.717, 1.165) is 48.1 Å². The molecule has 2 amide bonds. The van der Waals surface area contributed by atoms with Crippen molar-refractivity contribution in [3.63, 3.8) is 0 Å². The van der Waals surface area contributed by atoms with E-state index in [9.17, 15) is 14.9 Å². The van der Waals surface area contributed by atoms with Crippen LogP contribution in [0.1, 0.15) is 31.2 Å². The average Bonchev–Trinajstić information content (AvgIpc) is 2.80. The molecule has 0 atom stereocenters. The minimum Gasteiger partial charge on any atom is -0.377 e. The summed E-state index contributed by atoms with van der Waals surface area (Å²) >= 11 is 0. The second-order valence-electron chi connectivity index (χ2n) is 9.02. The van der Waals surface area contributed by atoms with Crippen molar-refractivity contribution in [3.05, 3.63) is 64.2 Å². The van der Waals surface area contributed by atoms with Crippen LogP contribution in [0.25, 0.3) is 10.9 Å². The van der Waals surface area contributed by atoms with Crippen LogP contribution in [-0.4, -0.2) is 42.1 Å². The number of non-ortho nitro benzene ring substituents is 1. The number of fused-ring (bicyclic) bond motifs is 1. The molecule has 0 saturated heterocycles. The van der Waals surface area contributed by atoms with Gasteiger partial charge >= 0.3 is 6.03 Å². The Morgan fingerprint density at radius 2 is 1.79 bits per heavy atom. The number of hydrogen-bond donors (Lipinski definition) is 2. The van der Waals surface area contributed by atoms with Crippen LogP contribution in [0, 0.1) is 17.0 Å². The Morgan fingerprint density at radius 3 is 2.41 bits per heavy atom. The molecule has 1 aromatic heterocycles.